The summed E-state index contributed by atoms with van der Waals surface area (Å²) in [6, 6.07) is 9.64. The molecular weight excluding hydrogens is 286 g/mol. The van der Waals surface area contributed by atoms with Crippen molar-refractivity contribution in [1.29, 1.82) is 0 Å². The Kier molecular flexibility index (Phi) is 4.95. The van der Waals surface area contributed by atoms with Crippen molar-refractivity contribution < 1.29 is 19.1 Å². The molecule has 116 valence electrons. The first kappa shape index (κ1) is 15.8. The second-order valence-corrected chi connectivity index (χ2v) is 4.79. The van der Waals surface area contributed by atoms with Gasteiger partial charge in [0.25, 0.3) is 5.69 Å². The number of ether oxygens (including phenoxy) is 3. The van der Waals surface area contributed by atoms with Gasteiger partial charge in [-0.05, 0) is 49.2 Å². The van der Waals surface area contributed by atoms with E-state index in [-0.39, 0.29) is 12.5 Å². The Hall–Kier alpha value is -2.60. The Morgan fingerprint density at radius 1 is 1.05 bits per heavy atom. The molecule has 0 aliphatic rings. The Morgan fingerprint density at radius 3 is 2.14 bits per heavy atom. The average molecular weight is 303 g/mol. The van der Waals surface area contributed by atoms with Crippen molar-refractivity contribution >= 4 is 5.69 Å². The highest BCUT2D eigenvalue weighted by atomic mass is 16.7. The first-order chi connectivity index (χ1) is 10.5. The monoisotopic (exact) mass is 303 g/mol. The second-order valence-electron chi connectivity index (χ2n) is 4.79. The molecule has 0 N–H and O–H groups in total. The number of nitro benzene ring substituents is 1. The number of hydrogen-bond acceptors (Lipinski definition) is 5. The van der Waals surface area contributed by atoms with E-state index in [0.29, 0.717) is 11.5 Å². The number of methoxy groups -OCH3 is 1. The maximum absolute atomic E-state index is 10.6. The predicted octanol–water partition coefficient (Wildman–Crippen LogP) is 3.99. The van der Waals surface area contributed by atoms with Gasteiger partial charge >= 0.3 is 0 Å². The summed E-state index contributed by atoms with van der Waals surface area (Å²) >= 11 is 0. The highest BCUT2D eigenvalue weighted by Crippen LogP contribution is 2.31. The van der Waals surface area contributed by atoms with Gasteiger partial charge < -0.3 is 14.2 Å². The van der Waals surface area contributed by atoms with E-state index in [1.54, 1.807) is 19.2 Å². The maximum Gasteiger partial charge on any atom is 0.269 e. The molecule has 0 bridgehead atoms. The Balaban J connectivity index is 2.17. The van der Waals surface area contributed by atoms with Crippen LogP contribution in [0.25, 0.3) is 0 Å². The van der Waals surface area contributed by atoms with Gasteiger partial charge in [0.2, 0.25) is 0 Å². The molecule has 0 radical (unpaired) electrons. The normalized spacial score (nSPS) is 10.3. The summed E-state index contributed by atoms with van der Waals surface area (Å²) in [5.74, 6) is 1.95. The van der Waals surface area contributed by atoms with Gasteiger partial charge in [0.05, 0.1) is 4.92 Å². The number of benzene rings is 2. The molecule has 2 rings (SSSR count). The topological polar surface area (TPSA) is 70.8 Å². The van der Waals surface area contributed by atoms with E-state index in [4.69, 9.17) is 14.2 Å². The molecule has 0 aliphatic carbocycles. The molecular formula is C16H17NO5. The van der Waals surface area contributed by atoms with Crippen LogP contribution in [0.3, 0.4) is 0 Å². The van der Waals surface area contributed by atoms with E-state index in [1.807, 2.05) is 26.0 Å². The van der Waals surface area contributed by atoms with Crippen molar-refractivity contribution in [2.45, 2.75) is 13.8 Å². The summed E-state index contributed by atoms with van der Waals surface area (Å²) in [5.41, 5.74) is 1.88. The summed E-state index contributed by atoms with van der Waals surface area (Å²) in [6.45, 7) is 4.02. The molecule has 0 unspecified atom stereocenters. The molecule has 0 saturated carbocycles. The smallest absolute Gasteiger partial charge is 0.269 e. The second kappa shape index (κ2) is 6.91. The molecule has 0 heterocycles. The van der Waals surface area contributed by atoms with Gasteiger partial charge in [-0.3, -0.25) is 10.1 Å². The van der Waals surface area contributed by atoms with Crippen LogP contribution in [-0.2, 0) is 4.74 Å². The SMILES string of the molecule is COCOc1c(C)cc(Oc2ccc([N+](=O)[O-])cc2)cc1C. The third-order valence-electron chi connectivity index (χ3n) is 3.04. The van der Waals surface area contributed by atoms with Crippen LogP contribution in [0.4, 0.5) is 5.69 Å². The molecule has 0 saturated heterocycles. The Morgan fingerprint density at radius 2 is 1.64 bits per heavy atom. The first-order valence-corrected chi connectivity index (χ1v) is 6.66. The molecule has 0 amide bonds. The van der Waals surface area contributed by atoms with E-state index in [0.717, 1.165) is 16.9 Å². The van der Waals surface area contributed by atoms with Crippen LogP contribution < -0.4 is 9.47 Å². The molecule has 0 aromatic heterocycles. The number of rotatable bonds is 6. The van der Waals surface area contributed by atoms with Crippen molar-refractivity contribution in [2.24, 2.45) is 0 Å². The zero-order chi connectivity index (χ0) is 16.1. The summed E-state index contributed by atoms with van der Waals surface area (Å²) in [5, 5.41) is 10.6. The third-order valence-corrected chi connectivity index (χ3v) is 3.04. The van der Waals surface area contributed by atoms with Gasteiger partial charge in [0.1, 0.15) is 17.2 Å². The van der Waals surface area contributed by atoms with Gasteiger partial charge in [-0.15, -0.1) is 0 Å². The highest BCUT2D eigenvalue weighted by Gasteiger charge is 2.09. The van der Waals surface area contributed by atoms with Crippen molar-refractivity contribution in [3.8, 4) is 17.2 Å². The molecule has 6 nitrogen and oxygen atoms in total. The number of aryl methyl sites for hydroxylation is 2. The van der Waals surface area contributed by atoms with E-state index >= 15 is 0 Å². The molecule has 6 heteroatoms. The zero-order valence-electron chi connectivity index (χ0n) is 12.7. The molecule has 0 fully saturated rings. The predicted molar refractivity (Wildman–Crippen MR) is 81.6 cm³/mol. The van der Waals surface area contributed by atoms with Crippen LogP contribution in [0.15, 0.2) is 36.4 Å². The van der Waals surface area contributed by atoms with Gasteiger partial charge in [-0.25, -0.2) is 0 Å². The van der Waals surface area contributed by atoms with E-state index in [9.17, 15) is 10.1 Å². The Bertz CT molecular complexity index is 644. The lowest BCUT2D eigenvalue weighted by atomic mass is 10.1. The van der Waals surface area contributed by atoms with Crippen LogP contribution in [0.2, 0.25) is 0 Å². The van der Waals surface area contributed by atoms with E-state index in [1.165, 1.54) is 12.1 Å². The lowest BCUT2D eigenvalue weighted by Crippen LogP contribution is -2.02. The first-order valence-electron chi connectivity index (χ1n) is 6.66. The molecule has 0 atom stereocenters. The molecule has 0 aliphatic heterocycles. The van der Waals surface area contributed by atoms with Crippen LogP contribution >= 0.6 is 0 Å². The van der Waals surface area contributed by atoms with Gasteiger partial charge in [-0.2, -0.15) is 0 Å². The number of non-ortho nitro benzene ring substituents is 1. The lowest BCUT2D eigenvalue weighted by Gasteiger charge is -2.14. The van der Waals surface area contributed by atoms with Gasteiger partial charge in [-0.1, -0.05) is 0 Å². The van der Waals surface area contributed by atoms with Crippen molar-refractivity contribution in [2.75, 3.05) is 13.9 Å². The van der Waals surface area contributed by atoms with Crippen molar-refractivity contribution in [1.82, 2.24) is 0 Å². The fourth-order valence-electron chi connectivity index (χ4n) is 2.09. The number of hydrogen-bond donors (Lipinski definition) is 0. The minimum atomic E-state index is -0.444. The minimum Gasteiger partial charge on any atom is -0.467 e. The molecule has 22 heavy (non-hydrogen) atoms. The van der Waals surface area contributed by atoms with Gasteiger partial charge in [0.15, 0.2) is 6.79 Å². The molecule has 2 aromatic rings. The average Bonchev–Trinajstić information content (AvgIpc) is 2.47. The van der Waals surface area contributed by atoms with E-state index < -0.39 is 4.92 Å². The highest BCUT2D eigenvalue weighted by molar-refractivity contribution is 5.47. The molecule has 0 spiro atoms. The van der Waals surface area contributed by atoms with Crippen LogP contribution in [0, 0.1) is 24.0 Å². The van der Waals surface area contributed by atoms with E-state index in [2.05, 4.69) is 0 Å². The van der Waals surface area contributed by atoms with Crippen molar-refractivity contribution in [3.05, 3.63) is 57.6 Å². The number of nitro groups is 1. The summed E-state index contributed by atoms with van der Waals surface area (Å²) in [6.07, 6.45) is 0. The fourth-order valence-corrected chi connectivity index (χ4v) is 2.09. The summed E-state index contributed by atoms with van der Waals surface area (Å²) in [7, 11) is 1.57. The third kappa shape index (κ3) is 3.73. The maximum atomic E-state index is 10.6. The van der Waals surface area contributed by atoms with Crippen LogP contribution in [0.1, 0.15) is 11.1 Å². The fraction of sp³-hybridized carbons (Fsp3) is 0.250. The Labute approximate surface area is 128 Å². The quantitative estimate of drug-likeness (QED) is 0.458. The zero-order valence-corrected chi connectivity index (χ0v) is 12.7. The number of nitrogens with zero attached hydrogens (tertiary/aromatic N) is 1. The van der Waals surface area contributed by atoms with Crippen molar-refractivity contribution in [3.63, 3.8) is 0 Å². The van der Waals surface area contributed by atoms with Crippen LogP contribution in [-0.4, -0.2) is 18.8 Å². The molecule has 2 aromatic carbocycles. The summed E-state index contributed by atoms with van der Waals surface area (Å²) < 4.78 is 16.1. The minimum absolute atomic E-state index is 0.0306. The standard InChI is InChI=1S/C16H17NO5/c1-11-8-15(9-12(2)16(11)21-10-20-3)22-14-6-4-13(5-7-14)17(18)19/h4-9H,10H2,1-3H3. The largest absolute Gasteiger partial charge is 0.467 e. The summed E-state index contributed by atoms with van der Waals surface area (Å²) in [4.78, 5) is 10.2. The van der Waals surface area contributed by atoms with Gasteiger partial charge in [0, 0.05) is 19.2 Å². The van der Waals surface area contributed by atoms with Crippen LogP contribution in [0.5, 0.6) is 17.2 Å². The lowest BCUT2D eigenvalue weighted by molar-refractivity contribution is -0.384.